The Hall–Kier alpha value is -2.55. The molecule has 3 aromatic heterocycles. The Bertz CT molecular complexity index is 1190. The second-order valence-electron chi connectivity index (χ2n) is 7.11. The maximum absolute atomic E-state index is 9.42. The topological polar surface area (TPSA) is 92.6 Å². The van der Waals surface area contributed by atoms with Gasteiger partial charge in [0.15, 0.2) is 5.65 Å². The van der Waals surface area contributed by atoms with Crippen molar-refractivity contribution in [1.82, 2.24) is 24.5 Å². The minimum atomic E-state index is 0.0620. The van der Waals surface area contributed by atoms with Crippen molar-refractivity contribution in [3.05, 3.63) is 52.9 Å². The quantitative estimate of drug-likeness (QED) is 0.510. The lowest BCUT2D eigenvalue weighted by Gasteiger charge is -2.15. The minimum Gasteiger partial charge on any atom is -0.383 e. The van der Waals surface area contributed by atoms with E-state index in [1.807, 2.05) is 35.4 Å². The highest BCUT2D eigenvalue weighted by Crippen LogP contribution is 2.36. The van der Waals surface area contributed by atoms with Crippen LogP contribution in [0.5, 0.6) is 0 Å². The van der Waals surface area contributed by atoms with E-state index < -0.39 is 0 Å². The van der Waals surface area contributed by atoms with Gasteiger partial charge in [-0.25, -0.2) is 4.98 Å². The summed E-state index contributed by atoms with van der Waals surface area (Å²) in [6.45, 7) is 1.67. The van der Waals surface area contributed by atoms with Gasteiger partial charge in [0.05, 0.1) is 28.6 Å². The summed E-state index contributed by atoms with van der Waals surface area (Å²) in [5.74, 6) is 0.744. The van der Waals surface area contributed by atoms with Gasteiger partial charge in [0.1, 0.15) is 5.82 Å². The fraction of sp³-hybridized carbons (Fsp3) is 0.250. The lowest BCUT2D eigenvalue weighted by atomic mass is 10.0. The van der Waals surface area contributed by atoms with E-state index in [2.05, 4.69) is 32.1 Å². The van der Waals surface area contributed by atoms with Gasteiger partial charge in [-0.15, -0.1) is 0 Å². The van der Waals surface area contributed by atoms with Gasteiger partial charge >= 0.3 is 0 Å². The Balaban J connectivity index is 1.66. The van der Waals surface area contributed by atoms with Gasteiger partial charge in [-0.05, 0) is 34.5 Å². The van der Waals surface area contributed by atoms with Crippen LogP contribution < -0.4 is 5.73 Å². The maximum Gasteiger partial charge on any atom is 0.165 e. The number of nitrogens with zero attached hydrogens (tertiary/aromatic N) is 5. The molecule has 4 heterocycles. The molecule has 1 aliphatic heterocycles. The molecular formula is C20H19BrN6O. The van der Waals surface area contributed by atoms with E-state index in [-0.39, 0.29) is 12.6 Å². The van der Waals surface area contributed by atoms with E-state index in [1.165, 1.54) is 0 Å². The molecule has 0 spiro atoms. The van der Waals surface area contributed by atoms with Gasteiger partial charge in [0.2, 0.25) is 0 Å². The fourth-order valence-electron chi connectivity index (χ4n) is 3.89. The van der Waals surface area contributed by atoms with E-state index in [0.717, 1.165) is 57.4 Å². The van der Waals surface area contributed by atoms with Gasteiger partial charge in [-0.1, -0.05) is 18.2 Å². The van der Waals surface area contributed by atoms with Crippen LogP contribution in [0, 0.1) is 0 Å². The molecule has 5 rings (SSSR count). The molecule has 142 valence electrons. The third kappa shape index (κ3) is 2.76. The summed E-state index contributed by atoms with van der Waals surface area (Å²) in [6, 6.07) is 10.1. The molecule has 3 N–H and O–H groups in total. The largest absolute Gasteiger partial charge is 0.383 e. The lowest BCUT2D eigenvalue weighted by molar-refractivity contribution is 0.130. The standard InChI is InChI=1S/C20H19BrN6O/c21-17-18(13-5-6-26(10-13)11-28)25-20-15(9-24-27(20)19(17)22)14-7-12-3-1-2-4-16(12)23-8-14/h1-4,7-9,13,28H,5-6,10-11,22H2. The van der Waals surface area contributed by atoms with E-state index in [9.17, 15) is 5.11 Å². The number of pyridine rings is 1. The summed E-state index contributed by atoms with van der Waals surface area (Å²) >= 11 is 3.61. The summed E-state index contributed by atoms with van der Waals surface area (Å²) in [5.41, 5.74) is 10.8. The predicted molar refractivity (Wildman–Crippen MR) is 112 cm³/mol. The number of halogens is 1. The number of likely N-dealkylation sites (tertiary alicyclic amines) is 1. The van der Waals surface area contributed by atoms with Crippen LogP contribution in [0.15, 0.2) is 47.2 Å². The monoisotopic (exact) mass is 438 g/mol. The maximum atomic E-state index is 9.42. The van der Waals surface area contributed by atoms with Gasteiger partial charge in [0.25, 0.3) is 0 Å². The molecule has 1 atom stereocenters. The van der Waals surface area contributed by atoms with Crippen molar-refractivity contribution in [3.8, 4) is 11.1 Å². The van der Waals surface area contributed by atoms with Gasteiger partial charge in [0, 0.05) is 41.7 Å². The summed E-state index contributed by atoms with van der Waals surface area (Å²) in [5, 5.41) is 14.9. The number of hydrogen-bond acceptors (Lipinski definition) is 6. The van der Waals surface area contributed by atoms with E-state index in [4.69, 9.17) is 10.7 Å². The molecule has 4 aromatic rings. The molecule has 7 nitrogen and oxygen atoms in total. The lowest BCUT2D eigenvalue weighted by Crippen LogP contribution is -2.21. The van der Waals surface area contributed by atoms with Crippen LogP contribution in [-0.4, -0.2) is 49.4 Å². The highest BCUT2D eigenvalue weighted by molar-refractivity contribution is 9.10. The summed E-state index contributed by atoms with van der Waals surface area (Å²) in [6.07, 6.45) is 4.57. The first-order valence-electron chi connectivity index (χ1n) is 9.16. The van der Waals surface area contributed by atoms with E-state index in [1.54, 1.807) is 10.7 Å². The van der Waals surface area contributed by atoms with E-state index >= 15 is 0 Å². The number of hydrogen-bond donors (Lipinski definition) is 2. The first kappa shape index (κ1) is 17.5. The molecule has 1 aromatic carbocycles. The number of rotatable bonds is 3. The van der Waals surface area contributed by atoms with Crippen LogP contribution in [0.3, 0.4) is 0 Å². The van der Waals surface area contributed by atoms with Crippen LogP contribution in [0.4, 0.5) is 5.82 Å². The fourth-order valence-corrected chi connectivity index (χ4v) is 4.47. The Morgan fingerprint density at radius 3 is 2.93 bits per heavy atom. The predicted octanol–water partition coefficient (Wildman–Crippen LogP) is 3.03. The van der Waals surface area contributed by atoms with Gasteiger partial charge in [-0.3, -0.25) is 9.88 Å². The zero-order chi connectivity index (χ0) is 19.3. The van der Waals surface area contributed by atoms with Crippen LogP contribution in [0.1, 0.15) is 18.0 Å². The second-order valence-corrected chi connectivity index (χ2v) is 7.90. The van der Waals surface area contributed by atoms with Crippen molar-refractivity contribution in [2.75, 3.05) is 25.6 Å². The molecule has 28 heavy (non-hydrogen) atoms. The highest BCUT2D eigenvalue weighted by atomic mass is 79.9. The van der Waals surface area contributed by atoms with Gasteiger partial charge in [-0.2, -0.15) is 9.61 Å². The number of nitrogens with two attached hydrogens (primary N) is 1. The van der Waals surface area contributed by atoms with Crippen molar-refractivity contribution < 1.29 is 5.11 Å². The number of benzene rings is 1. The van der Waals surface area contributed by atoms with Crippen LogP contribution in [0.25, 0.3) is 27.7 Å². The summed E-state index contributed by atoms with van der Waals surface area (Å²) in [7, 11) is 0. The first-order valence-corrected chi connectivity index (χ1v) is 9.96. The average molecular weight is 439 g/mol. The number of aliphatic hydroxyl groups is 1. The van der Waals surface area contributed by atoms with Gasteiger partial charge < -0.3 is 10.8 Å². The van der Waals surface area contributed by atoms with Crippen molar-refractivity contribution in [3.63, 3.8) is 0 Å². The zero-order valence-electron chi connectivity index (χ0n) is 15.1. The molecule has 8 heteroatoms. The third-order valence-corrected chi connectivity index (χ3v) is 6.22. The number of aliphatic hydroxyl groups excluding tert-OH is 1. The number of nitrogen functional groups attached to an aromatic ring is 1. The summed E-state index contributed by atoms with van der Waals surface area (Å²) in [4.78, 5) is 11.5. The number of para-hydroxylation sites is 1. The Morgan fingerprint density at radius 1 is 1.25 bits per heavy atom. The number of aromatic nitrogens is 4. The molecular weight excluding hydrogens is 420 g/mol. The smallest absolute Gasteiger partial charge is 0.165 e. The minimum absolute atomic E-state index is 0.0620. The molecule has 1 fully saturated rings. The normalized spacial score (nSPS) is 17.7. The molecule has 0 amide bonds. The zero-order valence-corrected chi connectivity index (χ0v) is 16.7. The Kier molecular flexibility index (Phi) is 4.26. The van der Waals surface area contributed by atoms with Crippen molar-refractivity contribution in [1.29, 1.82) is 0 Å². The van der Waals surface area contributed by atoms with Crippen molar-refractivity contribution >= 4 is 38.3 Å². The summed E-state index contributed by atoms with van der Waals surface area (Å²) < 4.78 is 2.44. The third-order valence-electron chi connectivity index (χ3n) is 5.41. The van der Waals surface area contributed by atoms with Crippen LogP contribution in [0.2, 0.25) is 0 Å². The molecule has 0 bridgehead atoms. The van der Waals surface area contributed by atoms with E-state index in [0.29, 0.717) is 5.82 Å². The van der Waals surface area contributed by atoms with Crippen molar-refractivity contribution in [2.24, 2.45) is 0 Å². The second kappa shape index (κ2) is 6.80. The number of fused-ring (bicyclic) bond motifs is 2. The molecule has 0 aliphatic carbocycles. The first-order chi connectivity index (χ1) is 13.7. The highest BCUT2D eigenvalue weighted by Gasteiger charge is 2.28. The molecule has 0 radical (unpaired) electrons. The number of anilines is 1. The average Bonchev–Trinajstić information content (AvgIpc) is 3.37. The SMILES string of the molecule is Nc1c(Br)c(C2CCN(CO)C2)nc2c(-c3cnc4ccccc4c3)cnn12. The molecule has 0 saturated carbocycles. The van der Waals surface area contributed by atoms with Crippen LogP contribution >= 0.6 is 15.9 Å². The molecule has 1 aliphatic rings. The molecule has 1 unspecified atom stereocenters. The van der Waals surface area contributed by atoms with Crippen LogP contribution in [-0.2, 0) is 0 Å². The Morgan fingerprint density at radius 2 is 2.11 bits per heavy atom. The molecule has 1 saturated heterocycles. The van der Waals surface area contributed by atoms with Crippen molar-refractivity contribution in [2.45, 2.75) is 12.3 Å². The Labute approximate surface area is 169 Å².